The van der Waals surface area contributed by atoms with Gasteiger partial charge in [-0.2, -0.15) is 10.1 Å². The number of aryl methyl sites for hydroxylation is 2. The highest BCUT2D eigenvalue weighted by atomic mass is 35.5. The Kier molecular flexibility index (Phi) is 6.22. The third kappa shape index (κ3) is 3.85. The summed E-state index contributed by atoms with van der Waals surface area (Å²) >= 11 is 1.48. The molecule has 7 nitrogen and oxygen atoms in total. The van der Waals surface area contributed by atoms with Crippen LogP contribution in [0.5, 0.6) is 5.75 Å². The first-order valence-electron chi connectivity index (χ1n) is 9.07. The summed E-state index contributed by atoms with van der Waals surface area (Å²) in [7, 11) is 3.46. The second-order valence-corrected chi connectivity index (χ2v) is 7.87. The van der Waals surface area contributed by atoms with Crippen LogP contribution in [0.2, 0.25) is 0 Å². The predicted molar refractivity (Wildman–Crippen MR) is 114 cm³/mol. The highest BCUT2D eigenvalue weighted by Crippen LogP contribution is 2.33. The number of thiophene rings is 1. The van der Waals surface area contributed by atoms with Crippen molar-refractivity contribution in [2.75, 3.05) is 25.5 Å². The maximum absolute atomic E-state index is 12.9. The van der Waals surface area contributed by atoms with Crippen molar-refractivity contribution < 1.29 is 9.53 Å². The Bertz CT molecular complexity index is 994. The first kappa shape index (κ1) is 20.6. The van der Waals surface area contributed by atoms with Gasteiger partial charge in [0.05, 0.1) is 12.0 Å². The average Bonchev–Trinajstić information content (AvgIpc) is 3.22. The third-order valence-electron chi connectivity index (χ3n) is 5.06. The normalized spacial score (nSPS) is 14.7. The Labute approximate surface area is 173 Å². The molecule has 4 rings (SSSR count). The third-order valence-corrected chi connectivity index (χ3v) is 6.33. The van der Waals surface area contributed by atoms with E-state index in [1.54, 1.807) is 11.8 Å². The maximum atomic E-state index is 12.9. The lowest BCUT2D eigenvalue weighted by Crippen LogP contribution is -2.27. The summed E-state index contributed by atoms with van der Waals surface area (Å²) < 4.78 is 8.01. The first-order valence-corrected chi connectivity index (χ1v) is 9.88. The fourth-order valence-electron chi connectivity index (χ4n) is 3.47. The van der Waals surface area contributed by atoms with E-state index in [1.807, 2.05) is 32.2 Å². The van der Waals surface area contributed by atoms with E-state index in [0.717, 1.165) is 53.2 Å². The van der Waals surface area contributed by atoms with Crippen molar-refractivity contribution in [3.8, 4) is 5.75 Å². The molecule has 0 unspecified atom stereocenters. The second-order valence-electron chi connectivity index (χ2n) is 6.81. The van der Waals surface area contributed by atoms with E-state index in [9.17, 15) is 4.79 Å². The van der Waals surface area contributed by atoms with Gasteiger partial charge in [0.25, 0.3) is 5.91 Å². The van der Waals surface area contributed by atoms with E-state index in [2.05, 4.69) is 20.7 Å². The number of fused-ring (bicyclic) bond motifs is 1. The molecule has 28 heavy (non-hydrogen) atoms. The summed E-state index contributed by atoms with van der Waals surface area (Å²) in [4.78, 5) is 18.1. The quantitative estimate of drug-likeness (QED) is 0.674. The summed E-state index contributed by atoms with van der Waals surface area (Å²) in [5, 5.41) is 11.8. The smallest absolute Gasteiger partial charge is 0.268 e. The lowest BCUT2D eigenvalue weighted by molar-refractivity contribution is 0.102. The lowest BCUT2D eigenvalue weighted by atomic mass is 9.98. The number of amides is 1. The highest BCUT2D eigenvalue weighted by Gasteiger charge is 2.23. The van der Waals surface area contributed by atoms with Crippen LogP contribution in [0.4, 0.5) is 5.95 Å². The van der Waals surface area contributed by atoms with Crippen LogP contribution < -0.4 is 15.4 Å². The molecule has 1 aromatic carbocycles. The molecule has 0 saturated carbocycles. The van der Waals surface area contributed by atoms with Gasteiger partial charge in [-0.25, -0.2) is 4.68 Å². The number of hydrogen-bond donors (Lipinski definition) is 2. The fraction of sp³-hybridized carbons (Fsp3) is 0.421. The zero-order valence-electron chi connectivity index (χ0n) is 16.1. The number of carbonyl (C=O) groups excluding carboxylic acids is 1. The van der Waals surface area contributed by atoms with Gasteiger partial charge in [-0.3, -0.25) is 10.1 Å². The van der Waals surface area contributed by atoms with Gasteiger partial charge in [-0.05, 0) is 62.0 Å². The molecule has 9 heteroatoms. The number of carbonyl (C=O) groups is 1. The van der Waals surface area contributed by atoms with Crippen molar-refractivity contribution in [3.05, 3.63) is 34.5 Å². The molecule has 3 heterocycles. The van der Waals surface area contributed by atoms with E-state index in [4.69, 9.17) is 4.74 Å². The van der Waals surface area contributed by atoms with Crippen molar-refractivity contribution in [1.29, 1.82) is 0 Å². The average molecular weight is 422 g/mol. The van der Waals surface area contributed by atoms with Crippen molar-refractivity contribution in [2.45, 2.75) is 25.7 Å². The number of ether oxygens (including phenoxy) is 1. The number of nitrogens with one attached hydrogen (secondary N) is 2. The van der Waals surface area contributed by atoms with Crippen molar-refractivity contribution in [3.63, 3.8) is 0 Å². The molecule has 3 aromatic rings. The monoisotopic (exact) mass is 421 g/mol. The summed E-state index contributed by atoms with van der Waals surface area (Å²) in [6.07, 6.45) is 2.04. The minimum Gasteiger partial charge on any atom is -0.497 e. The number of anilines is 1. The number of methoxy groups -OCH3 is 1. The number of nitrogens with zero attached hydrogens (tertiary/aromatic N) is 3. The Morgan fingerprint density at radius 1 is 1.36 bits per heavy atom. The van der Waals surface area contributed by atoms with Gasteiger partial charge in [0.2, 0.25) is 5.95 Å². The fourth-order valence-corrected chi connectivity index (χ4v) is 4.55. The largest absolute Gasteiger partial charge is 0.497 e. The van der Waals surface area contributed by atoms with Crippen LogP contribution in [0.1, 0.15) is 39.8 Å². The standard InChI is InChI=1S/C19H23N5O2S.ClH/c1-11-14-10-13(26-3)4-5-15(14)27-16(11)18(25)22-19-21-17(23-24(19)2)12-6-8-20-9-7-12;/h4-5,10,12,20H,6-9H2,1-3H3,(H,21,22,23,25);1H. The molecule has 0 bridgehead atoms. The molecule has 0 radical (unpaired) electrons. The van der Waals surface area contributed by atoms with Gasteiger partial charge in [0.15, 0.2) is 5.82 Å². The zero-order valence-corrected chi connectivity index (χ0v) is 17.7. The van der Waals surface area contributed by atoms with Crippen LogP contribution in [0.15, 0.2) is 18.2 Å². The minimum atomic E-state index is -0.153. The Morgan fingerprint density at radius 3 is 2.82 bits per heavy atom. The van der Waals surface area contributed by atoms with Crippen molar-refractivity contribution >= 4 is 45.7 Å². The molecule has 0 atom stereocenters. The lowest BCUT2D eigenvalue weighted by Gasteiger charge is -2.19. The van der Waals surface area contributed by atoms with E-state index >= 15 is 0 Å². The molecular weight excluding hydrogens is 398 g/mol. The van der Waals surface area contributed by atoms with Gasteiger partial charge >= 0.3 is 0 Å². The van der Waals surface area contributed by atoms with E-state index in [-0.39, 0.29) is 18.3 Å². The summed E-state index contributed by atoms with van der Waals surface area (Å²) in [5.41, 5.74) is 0.951. The predicted octanol–water partition coefficient (Wildman–Crippen LogP) is 3.49. The van der Waals surface area contributed by atoms with Gasteiger partial charge in [0.1, 0.15) is 5.75 Å². The van der Waals surface area contributed by atoms with Crippen LogP contribution in [-0.2, 0) is 7.05 Å². The molecule has 1 aliphatic rings. The van der Waals surface area contributed by atoms with Gasteiger partial charge < -0.3 is 10.1 Å². The second kappa shape index (κ2) is 8.46. The molecule has 2 N–H and O–H groups in total. The molecule has 0 spiro atoms. The molecule has 0 aliphatic carbocycles. The van der Waals surface area contributed by atoms with Gasteiger partial charge in [-0.15, -0.1) is 23.7 Å². The van der Waals surface area contributed by atoms with E-state index in [0.29, 0.717) is 16.7 Å². The minimum absolute atomic E-state index is 0. The van der Waals surface area contributed by atoms with Crippen LogP contribution in [0.25, 0.3) is 10.1 Å². The van der Waals surface area contributed by atoms with E-state index < -0.39 is 0 Å². The molecule has 1 amide bonds. The van der Waals surface area contributed by atoms with Crippen LogP contribution >= 0.6 is 23.7 Å². The number of piperidine rings is 1. The van der Waals surface area contributed by atoms with E-state index in [1.165, 1.54) is 11.3 Å². The SMILES string of the molecule is COc1ccc2sc(C(=O)Nc3nc(C4CCNCC4)nn3C)c(C)c2c1.Cl. The molecule has 1 saturated heterocycles. The van der Waals surface area contributed by atoms with Crippen LogP contribution in [-0.4, -0.2) is 40.9 Å². The zero-order chi connectivity index (χ0) is 19.0. The topological polar surface area (TPSA) is 81.1 Å². The Balaban J connectivity index is 0.00000225. The van der Waals surface area contributed by atoms with Crippen LogP contribution in [0.3, 0.4) is 0 Å². The number of benzene rings is 1. The van der Waals surface area contributed by atoms with Crippen molar-refractivity contribution in [2.24, 2.45) is 7.05 Å². The van der Waals surface area contributed by atoms with Crippen LogP contribution in [0, 0.1) is 6.92 Å². The summed E-state index contributed by atoms with van der Waals surface area (Å²) in [6.45, 7) is 3.93. The molecule has 1 aliphatic heterocycles. The Morgan fingerprint density at radius 2 is 2.11 bits per heavy atom. The first-order chi connectivity index (χ1) is 13.1. The maximum Gasteiger partial charge on any atom is 0.268 e. The molecule has 150 valence electrons. The summed E-state index contributed by atoms with van der Waals surface area (Å²) in [6, 6.07) is 5.86. The van der Waals surface area contributed by atoms with Crippen molar-refractivity contribution in [1.82, 2.24) is 20.1 Å². The number of aromatic nitrogens is 3. The number of hydrogen-bond acceptors (Lipinski definition) is 6. The van der Waals surface area contributed by atoms with Gasteiger partial charge in [0, 0.05) is 17.7 Å². The molecular formula is C19H24ClN5O2S. The summed E-state index contributed by atoms with van der Waals surface area (Å²) in [5.74, 6) is 2.28. The van der Waals surface area contributed by atoms with Gasteiger partial charge in [-0.1, -0.05) is 0 Å². The number of rotatable bonds is 4. The highest BCUT2D eigenvalue weighted by molar-refractivity contribution is 7.21. The molecule has 1 fully saturated rings. The molecule has 2 aromatic heterocycles. The Hall–Kier alpha value is -2.16. The number of halogens is 1.